The van der Waals surface area contributed by atoms with Crippen molar-refractivity contribution < 1.29 is 14.5 Å². The Morgan fingerprint density at radius 1 is 1.03 bits per heavy atom. The van der Waals surface area contributed by atoms with Crippen molar-refractivity contribution in [3.8, 4) is 11.3 Å². The minimum Gasteiger partial charge on any atom is -0.383 e. The molecule has 32 heavy (non-hydrogen) atoms. The molecule has 0 saturated carbocycles. The molecule has 0 aliphatic heterocycles. The molecule has 0 saturated heterocycles. The molecule has 11 heteroatoms. The molecule has 0 atom stereocenters. The first-order valence-electron chi connectivity index (χ1n) is 9.85. The largest absolute Gasteiger partial charge is 0.383 e. The van der Waals surface area contributed by atoms with Crippen molar-refractivity contribution in [3.05, 3.63) is 70.5 Å². The van der Waals surface area contributed by atoms with Crippen LogP contribution in [0.15, 0.2) is 54.9 Å². The fraction of sp³-hybridized carbons (Fsp3) is 0.238. The first kappa shape index (κ1) is 22.6. The maximum atomic E-state index is 12.1. The van der Waals surface area contributed by atoms with Crippen LogP contribution >= 0.6 is 0 Å². The number of nitrogens with zero attached hydrogens (tertiary/aromatic N) is 4. The first-order valence-corrected chi connectivity index (χ1v) is 9.85. The summed E-state index contributed by atoms with van der Waals surface area (Å²) in [5, 5.41) is 19.6. The van der Waals surface area contributed by atoms with E-state index in [1.54, 1.807) is 37.6 Å². The molecule has 0 bridgehead atoms. The molecule has 166 valence electrons. The van der Waals surface area contributed by atoms with Crippen molar-refractivity contribution in [2.45, 2.75) is 0 Å². The van der Waals surface area contributed by atoms with Gasteiger partial charge in [-0.1, -0.05) is 12.1 Å². The van der Waals surface area contributed by atoms with E-state index < -0.39 is 4.92 Å². The molecule has 3 N–H and O–H groups in total. The van der Waals surface area contributed by atoms with Crippen molar-refractivity contribution in [2.75, 3.05) is 44.0 Å². The Balaban J connectivity index is 1.51. The lowest BCUT2D eigenvalue weighted by Crippen LogP contribution is -2.26. The second kappa shape index (κ2) is 11.3. The SMILES string of the molecule is COCCNC(=O)c1ccc(-c2ccnc(NCCNc3ccc([N+](=O)[O-])cn3)n2)cc1. The van der Waals surface area contributed by atoms with E-state index in [9.17, 15) is 14.9 Å². The van der Waals surface area contributed by atoms with E-state index >= 15 is 0 Å². The minimum absolute atomic E-state index is 0.0568. The smallest absolute Gasteiger partial charge is 0.287 e. The van der Waals surface area contributed by atoms with Gasteiger partial charge >= 0.3 is 0 Å². The summed E-state index contributed by atoms with van der Waals surface area (Å²) in [7, 11) is 1.58. The molecular formula is C21H23N7O4. The molecular weight excluding hydrogens is 414 g/mol. The van der Waals surface area contributed by atoms with E-state index in [1.807, 2.05) is 12.1 Å². The van der Waals surface area contributed by atoms with Gasteiger partial charge in [0.05, 0.1) is 17.2 Å². The second-order valence-corrected chi connectivity index (χ2v) is 6.60. The van der Waals surface area contributed by atoms with E-state index in [0.29, 0.717) is 43.6 Å². The van der Waals surface area contributed by atoms with Crippen molar-refractivity contribution in [2.24, 2.45) is 0 Å². The highest BCUT2D eigenvalue weighted by atomic mass is 16.6. The number of rotatable bonds is 11. The van der Waals surface area contributed by atoms with Gasteiger partial charge in [0.15, 0.2) is 0 Å². The molecule has 0 fully saturated rings. The number of carbonyl (C=O) groups is 1. The predicted molar refractivity (Wildman–Crippen MR) is 120 cm³/mol. The Bertz CT molecular complexity index is 1040. The van der Waals surface area contributed by atoms with E-state index in [-0.39, 0.29) is 11.6 Å². The van der Waals surface area contributed by atoms with Crippen LogP contribution in [-0.4, -0.2) is 59.1 Å². The zero-order valence-electron chi connectivity index (χ0n) is 17.4. The number of methoxy groups -OCH3 is 1. The third kappa shape index (κ3) is 6.44. The van der Waals surface area contributed by atoms with Crippen LogP contribution in [0.2, 0.25) is 0 Å². The van der Waals surface area contributed by atoms with Gasteiger partial charge in [0.25, 0.3) is 11.6 Å². The number of hydrogen-bond acceptors (Lipinski definition) is 9. The third-order valence-electron chi connectivity index (χ3n) is 4.36. The molecule has 1 aromatic carbocycles. The van der Waals surface area contributed by atoms with Gasteiger partial charge in [0.2, 0.25) is 5.95 Å². The zero-order valence-corrected chi connectivity index (χ0v) is 17.4. The topological polar surface area (TPSA) is 144 Å². The van der Waals surface area contributed by atoms with Crippen molar-refractivity contribution in [3.63, 3.8) is 0 Å². The van der Waals surface area contributed by atoms with E-state index in [0.717, 1.165) is 11.3 Å². The molecule has 2 aromatic heterocycles. The summed E-state index contributed by atoms with van der Waals surface area (Å²) in [6, 6.07) is 11.9. The molecule has 0 aliphatic rings. The number of nitro groups is 1. The van der Waals surface area contributed by atoms with Crippen LogP contribution in [-0.2, 0) is 4.74 Å². The van der Waals surface area contributed by atoms with Gasteiger partial charge in [-0.2, -0.15) is 0 Å². The molecule has 1 amide bonds. The standard InChI is InChI=1S/C21H23N7O4/c1-32-13-12-23-20(29)16-4-2-15(3-5-16)18-8-9-24-21(27-18)25-11-10-22-19-7-6-17(14-26-19)28(30)31/h2-9,14H,10-13H2,1H3,(H,22,26)(H,23,29)(H,24,25,27). The summed E-state index contributed by atoms with van der Waals surface area (Å²) >= 11 is 0. The summed E-state index contributed by atoms with van der Waals surface area (Å²) in [5.41, 5.74) is 2.08. The first-order chi connectivity index (χ1) is 15.6. The molecule has 2 heterocycles. The van der Waals surface area contributed by atoms with Crippen LogP contribution in [0.4, 0.5) is 17.5 Å². The summed E-state index contributed by atoms with van der Waals surface area (Å²) < 4.78 is 4.92. The monoisotopic (exact) mass is 437 g/mol. The Morgan fingerprint density at radius 2 is 1.81 bits per heavy atom. The normalized spacial score (nSPS) is 10.4. The fourth-order valence-electron chi connectivity index (χ4n) is 2.73. The number of pyridine rings is 1. The quantitative estimate of drug-likeness (QED) is 0.234. The number of nitrogens with one attached hydrogen (secondary N) is 3. The van der Waals surface area contributed by atoms with Crippen LogP contribution in [0.3, 0.4) is 0 Å². The predicted octanol–water partition coefficient (Wildman–Crippen LogP) is 2.35. The molecule has 0 radical (unpaired) electrons. The van der Waals surface area contributed by atoms with Gasteiger partial charge in [-0.25, -0.2) is 15.0 Å². The second-order valence-electron chi connectivity index (χ2n) is 6.60. The number of anilines is 2. The minimum atomic E-state index is -0.492. The van der Waals surface area contributed by atoms with Crippen molar-refractivity contribution in [1.82, 2.24) is 20.3 Å². The summed E-state index contributed by atoms with van der Waals surface area (Å²) in [6.07, 6.45) is 2.86. The van der Waals surface area contributed by atoms with Crippen molar-refractivity contribution >= 4 is 23.4 Å². The molecule has 0 unspecified atom stereocenters. The Kier molecular flexibility index (Phi) is 7.98. The van der Waals surface area contributed by atoms with Gasteiger partial charge in [0, 0.05) is 50.1 Å². The van der Waals surface area contributed by atoms with Gasteiger partial charge in [0.1, 0.15) is 12.0 Å². The van der Waals surface area contributed by atoms with E-state index in [4.69, 9.17) is 4.74 Å². The highest BCUT2D eigenvalue weighted by molar-refractivity contribution is 5.94. The molecule has 0 aliphatic carbocycles. The molecule has 3 rings (SSSR count). The van der Waals surface area contributed by atoms with Gasteiger partial charge in [-0.3, -0.25) is 14.9 Å². The number of carbonyl (C=O) groups excluding carboxylic acids is 1. The van der Waals surface area contributed by atoms with Crippen LogP contribution in [0.1, 0.15) is 10.4 Å². The Labute approximate surface area is 184 Å². The Morgan fingerprint density at radius 3 is 2.50 bits per heavy atom. The summed E-state index contributed by atoms with van der Waals surface area (Å²) in [4.78, 5) is 34.9. The summed E-state index contributed by atoms with van der Waals surface area (Å²) in [5.74, 6) is 0.842. The van der Waals surface area contributed by atoms with Gasteiger partial charge < -0.3 is 20.7 Å². The number of hydrogen-bond donors (Lipinski definition) is 3. The molecule has 0 spiro atoms. The Hall–Kier alpha value is -4.12. The highest BCUT2D eigenvalue weighted by Crippen LogP contribution is 2.18. The number of amides is 1. The van der Waals surface area contributed by atoms with Gasteiger partial charge in [-0.15, -0.1) is 0 Å². The average molecular weight is 437 g/mol. The molecule has 11 nitrogen and oxygen atoms in total. The van der Waals surface area contributed by atoms with Gasteiger partial charge in [-0.05, 0) is 24.3 Å². The summed E-state index contributed by atoms with van der Waals surface area (Å²) in [6.45, 7) is 1.95. The maximum Gasteiger partial charge on any atom is 0.287 e. The van der Waals surface area contributed by atoms with Crippen LogP contribution in [0, 0.1) is 10.1 Å². The van der Waals surface area contributed by atoms with Crippen LogP contribution in [0.25, 0.3) is 11.3 Å². The zero-order chi connectivity index (χ0) is 22.8. The number of benzene rings is 1. The van der Waals surface area contributed by atoms with E-state index in [1.165, 1.54) is 12.3 Å². The lowest BCUT2D eigenvalue weighted by atomic mass is 10.1. The highest BCUT2D eigenvalue weighted by Gasteiger charge is 2.07. The fourth-order valence-corrected chi connectivity index (χ4v) is 2.73. The maximum absolute atomic E-state index is 12.1. The lowest BCUT2D eigenvalue weighted by molar-refractivity contribution is -0.385. The molecule has 3 aromatic rings. The van der Waals surface area contributed by atoms with Crippen molar-refractivity contribution in [1.29, 1.82) is 0 Å². The number of ether oxygens (including phenoxy) is 1. The average Bonchev–Trinajstić information content (AvgIpc) is 2.82. The number of aromatic nitrogens is 3. The van der Waals surface area contributed by atoms with E-state index in [2.05, 4.69) is 30.9 Å². The lowest BCUT2D eigenvalue weighted by Gasteiger charge is -2.09. The van der Waals surface area contributed by atoms with Crippen LogP contribution < -0.4 is 16.0 Å². The van der Waals surface area contributed by atoms with Crippen LogP contribution in [0.5, 0.6) is 0 Å². The third-order valence-corrected chi connectivity index (χ3v) is 4.36.